The number of ether oxygens (including phenoxy) is 4. The lowest BCUT2D eigenvalue weighted by atomic mass is 9.94. The third-order valence-corrected chi connectivity index (χ3v) is 12.6. The predicted molar refractivity (Wildman–Crippen MR) is 155 cm³/mol. The van der Waals surface area contributed by atoms with Crippen LogP contribution in [0, 0.1) is 0 Å². The van der Waals surface area contributed by atoms with Gasteiger partial charge in [0.25, 0.3) is 0 Å². The molecule has 2 aromatic carbocycles. The molecule has 2 fully saturated rings. The molecule has 0 radical (unpaired) electrons. The van der Waals surface area contributed by atoms with Crippen LogP contribution in [0.25, 0.3) is 10.4 Å². The molecule has 8 nitrogen and oxygen atoms in total. The molecule has 212 valence electrons. The van der Waals surface area contributed by atoms with Crippen molar-refractivity contribution < 1.29 is 23.4 Å². The zero-order valence-corrected chi connectivity index (χ0v) is 25.9. The molecule has 2 aliphatic heterocycles. The molecule has 0 aromatic heterocycles. The molecule has 2 aliphatic rings. The maximum Gasteiger partial charge on any atom is 0.192 e. The first-order valence-corrected chi connectivity index (χ1v) is 16.8. The van der Waals surface area contributed by atoms with Crippen molar-refractivity contribution in [2.45, 2.75) is 103 Å². The Labute approximate surface area is 237 Å². The van der Waals surface area contributed by atoms with E-state index in [1.54, 1.807) is 0 Å². The zero-order valence-electron chi connectivity index (χ0n) is 24.1. The Morgan fingerprint density at radius 3 is 2.44 bits per heavy atom. The third-order valence-electron chi connectivity index (χ3n) is 7.79. The molecule has 2 heterocycles. The van der Waals surface area contributed by atoms with E-state index in [0.29, 0.717) is 18.1 Å². The van der Waals surface area contributed by atoms with Gasteiger partial charge in [0.2, 0.25) is 0 Å². The molecule has 2 aromatic rings. The number of nitrogens with zero attached hydrogens (tertiary/aromatic N) is 3. The molecule has 10 heteroatoms. The quantitative estimate of drug-likeness (QED) is 0.131. The maximum absolute atomic E-state index is 9.59. The Hall–Kier alpha value is -2.10. The van der Waals surface area contributed by atoms with Gasteiger partial charge in [-0.15, -0.1) is 0 Å². The molecular weight excluding hydrogens is 534 g/mol. The topological polar surface area (TPSA) is 94.9 Å². The minimum atomic E-state index is -2.25. The fraction of sp³-hybridized carbons (Fsp3) is 0.586. The number of halogens is 1. The summed E-state index contributed by atoms with van der Waals surface area (Å²) in [6.07, 6.45) is -1.51. The second-order valence-corrected chi connectivity index (χ2v) is 17.3. The van der Waals surface area contributed by atoms with Crippen molar-refractivity contribution in [3.63, 3.8) is 0 Å². The molecule has 0 unspecified atom stereocenters. The number of azide groups is 1. The van der Waals surface area contributed by atoms with Gasteiger partial charge in [0.05, 0.1) is 12.6 Å². The van der Waals surface area contributed by atoms with Crippen molar-refractivity contribution in [2.75, 3.05) is 6.61 Å². The monoisotopic (exact) mass is 573 g/mol. The van der Waals surface area contributed by atoms with Gasteiger partial charge in [0.15, 0.2) is 20.4 Å². The first-order valence-electron chi connectivity index (χ1n) is 13.5. The van der Waals surface area contributed by atoms with Gasteiger partial charge in [-0.2, -0.15) is 0 Å². The molecule has 0 spiro atoms. The van der Waals surface area contributed by atoms with Crippen molar-refractivity contribution in [1.82, 2.24) is 0 Å². The first kappa shape index (κ1) is 29.9. The number of hydrogen-bond donors (Lipinski definition) is 0. The highest BCUT2D eigenvalue weighted by atomic mass is 35.5. The van der Waals surface area contributed by atoms with E-state index in [4.69, 9.17) is 35.0 Å². The lowest BCUT2D eigenvalue weighted by molar-refractivity contribution is -0.216. The Bertz CT molecular complexity index is 1210. The molecule has 4 rings (SSSR count). The largest absolute Gasteiger partial charge is 0.494 e. The first-order chi connectivity index (χ1) is 18.2. The summed E-state index contributed by atoms with van der Waals surface area (Å²) in [5.74, 6) is 0.0305. The van der Waals surface area contributed by atoms with Crippen LogP contribution >= 0.6 is 11.6 Å². The molecule has 5 atom stereocenters. The summed E-state index contributed by atoms with van der Waals surface area (Å²) in [6, 6.07) is 13.0. The molecule has 0 amide bonds. The van der Waals surface area contributed by atoms with Gasteiger partial charge in [0.1, 0.15) is 24.1 Å². The summed E-state index contributed by atoms with van der Waals surface area (Å²) < 4.78 is 31.2. The molecule has 0 saturated carbocycles. The highest BCUT2D eigenvalue weighted by Crippen LogP contribution is 2.47. The minimum absolute atomic E-state index is 0.0379. The minimum Gasteiger partial charge on any atom is -0.494 e. The Morgan fingerprint density at radius 1 is 1.13 bits per heavy atom. The normalized spacial score (nSPS) is 25.2. The van der Waals surface area contributed by atoms with E-state index in [2.05, 4.69) is 43.9 Å². The van der Waals surface area contributed by atoms with Crippen molar-refractivity contribution >= 4 is 19.9 Å². The van der Waals surface area contributed by atoms with E-state index < -0.39 is 44.7 Å². The van der Waals surface area contributed by atoms with E-state index in [9.17, 15) is 5.53 Å². The summed E-state index contributed by atoms with van der Waals surface area (Å²) in [5, 5.41) is 4.81. The summed E-state index contributed by atoms with van der Waals surface area (Å²) in [5.41, 5.74) is 12.4. The molecule has 2 saturated heterocycles. The van der Waals surface area contributed by atoms with E-state index in [0.717, 1.165) is 22.4 Å². The van der Waals surface area contributed by atoms with Crippen molar-refractivity contribution in [3.8, 4) is 5.75 Å². The Balaban J connectivity index is 1.67. The van der Waals surface area contributed by atoms with Crippen LogP contribution in [-0.2, 0) is 25.1 Å². The second kappa shape index (κ2) is 11.4. The predicted octanol–water partition coefficient (Wildman–Crippen LogP) is 7.95. The average Bonchev–Trinajstić information content (AvgIpc) is 3.31. The van der Waals surface area contributed by atoms with Gasteiger partial charge >= 0.3 is 0 Å². The highest BCUT2D eigenvalue weighted by Gasteiger charge is 2.59. The molecule has 0 N–H and O–H groups in total. The van der Waals surface area contributed by atoms with Crippen LogP contribution in [0.5, 0.6) is 5.75 Å². The van der Waals surface area contributed by atoms with Crippen molar-refractivity contribution in [2.24, 2.45) is 5.11 Å². The fourth-order valence-electron chi connectivity index (χ4n) is 4.79. The Morgan fingerprint density at radius 2 is 1.82 bits per heavy atom. The van der Waals surface area contributed by atoms with Crippen molar-refractivity contribution in [3.05, 3.63) is 74.6 Å². The second-order valence-electron chi connectivity index (χ2n) is 12.2. The van der Waals surface area contributed by atoms with E-state index in [1.807, 2.05) is 63.2 Å². The summed E-state index contributed by atoms with van der Waals surface area (Å²) in [6.45, 7) is 17.3. The van der Waals surface area contributed by atoms with E-state index in [1.165, 1.54) is 0 Å². The smallest absolute Gasteiger partial charge is 0.192 e. The fourth-order valence-corrected chi connectivity index (χ4v) is 6.28. The van der Waals surface area contributed by atoms with Crippen LogP contribution in [0.4, 0.5) is 0 Å². The SMILES string of the molecule is CCOc1ccc(Cc2cc([C@H](N=[N+]=[N-])[C@@H]3O[C@H]4OC(C)(C)O[C@H]4[C@@H]3O[Si](C)(C)C(C)(C)C)ccc2Cl)cc1. The van der Waals surface area contributed by atoms with Crippen LogP contribution in [0.15, 0.2) is 47.6 Å². The Kier molecular flexibility index (Phi) is 8.74. The number of hydrogen-bond acceptors (Lipinski definition) is 6. The van der Waals surface area contributed by atoms with Gasteiger partial charge in [-0.25, -0.2) is 0 Å². The zero-order chi connectivity index (χ0) is 28.6. The lowest BCUT2D eigenvalue weighted by Crippen LogP contribution is -2.50. The molecule has 39 heavy (non-hydrogen) atoms. The van der Waals surface area contributed by atoms with Crippen molar-refractivity contribution in [1.29, 1.82) is 0 Å². The highest BCUT2D eigenvalue weighted by molar-refractivity contribution is 6.74. The van der Waals surface area contributed by atoms with E-state index in [-0.39, 0.29) is 5.04 Å². The third kappa shape index (κ3) is 6.63. The van der Waals surface area contributed by atoms with Gasteiger partial charge in [-0.1, -0.05) is 61.8 Å². The summed E-state index contributed by atoms with van der Waals surface area (Å²) in [4.78, 5) is 3.19. The molecular formula is C29H40ClN3O5Si. The average molecular weight is 574 g/mol. The maximum atomic E-state index is 9.59. The standard InChI is InChI=1S/C29H40ClN3O5Si/c1-9-34-21-13-10-18(11-14-21)16-20-17-19(12-15-22(20)30)23(32-33-31)24-25(38-39(7,8)28(2,3)4)26-27(35-24)37-29(5,6)36-26/h10-15,17,23-27H,9,16H2,1-8H3/t23-,24-,25+,26-,27-/m0/s1. The van der Waals surface area contributed by atoms with Gasteiger partial charge in [-0.3, -0.25) is 0 Å². The van der Waals surface area contributed by atoms with Gasteiger partial charge < -0.3 is 23.4 Å². The van der Waals surface area contributed by atoms with Crippen LogP contribution < -0.4 is 4.74 Å². The van der Waals surface area contributed by atoms with Crippen LogP contribution in [0.3, 0.4) is 0 Å². The number of rotatable bonds is 9. The van der Waals surface area contributed by atoms with Crippen LogP contribution in [0.1, 0.15) is 64.3 Å². The lowest BCUT2D eigenvalue weighted by Gasteiger charge is -2.41. The van der Waals surface area contributed by atoms with Gasteiger partial charge in [-0.05, 0) is 85.7 Å². The summed E-state index contributed by atoms with van der Waals surface area (Å²) in [7, 11) is -2.25. The van der Waals surface area contributed by atoms with Crippen LogP contribution in [0.2, 0.25) is 23.2 Å². The number of benzene rings is 2. The van der Waals surface area contributed by atoms with Crippen LogP contribution in [-0.4, -0.2) is 45.3 Å². The molecule has 0 bridgehead atoms. The van der Waals surface area contributed by atoms with Gasteiger partial charge in [0, 0.05) is 9.93 Å². The number of fused-ring (bicyclic) bond motifs is 1. The van der Waals surface area contributed by atoms with E-state index >= 15 is 0 Å². The molecule has 0 aliphatic carbocycles. The summed E-state index contributed by atoms with van der Waals surface area (Å²) >= 11 is 6.63.